The Kier molecular flexibility index (Phi) is 2.07. The maximum atomic E-state index is 2.68. The van der Waals surface area contributed by atoms with Crippen LogP contribution in [0.5, 0.6) is 0 Å². The van der Waals surface area contributed by atoms with E-state index in [0.717, 1.165) is 0 Å². The molecule has 2 unspecified atom stereocenters. The van der Waals surface area contributed by atoms with Crippen LogP contribution in [0.3, 0.4) is 0 Å². The quantitative estimate of drug-likeness (QED) is 0.619. The van der Waals surface area contributed by atoms with E-state index in [-0.39, 0.29) is 0 Å². The summed E-state index contributed by atoms with van der Waals surface area (Å²) in [6.07, 6.45) is 7.09. The standard InChI is InChI=1S/C17H24Si/c1-12-11-13-6-7-17(2)8-10-18(3)9-4-5-14(12)16(18)15(13)17/h11H,4-10H2,1-3H3. The Morgan fingerprint density at radius 1 is 1.17 bits per heavy atom. The van der Waals surface area contributed by atoms with Crippen molar-refractivity contribution in [3.8, 4) is 0 Å². The van der Waals surface area contributed by atoms with Crippen molar-refractivity contribution in [2.45, 2.75) is 70.0 Å². The van der Waals surface area contributed by atoms with Gasteiger partial charge in [-0.05, 0) is 60.3 Å². The van der Waals surface area contributed by atoms with Crippen LogP contribution in [0.15, 0.2) is 6.07 Å². The zero-order chi connectivity index (χ0) is 12.5. The largest absolute Gasteiger partial charge is 0.0845 e. The van der Waals surface area contributed by atoms with Gasteiger partial charge in [-0.25, -0.2) is 0 Å². The Hall–Kier alpha value is -0.563. The van der Waals surface area contributed by atoms with E-state index < -0.39 is 8.07 Å². The van der Waals surface area contributed by atoms with E-state index in [2.05, 4.69) is 26.5 Å². The van der Waals surface area contributed by atoms with Gasteiger partial charge in [0.15, 0.2) is 0 Å². The zero-order valence-electron chi connectivity index (χ0n) is 12.0. The van der Waals surface area contributed by atoms with Crippen molar-refractivity contribution >= 4 is 13.3 Å². The highest BCUT2D eigenvalue weighted by Gasteiger charge is 2.49. The minimum atomic E-state index is -1.10. The first-order valence-corrected chi connectivity index (χ1v) is 10.6. The molecular weight excluding hydrogens is 232 g/mol. The Balaban J connectivity index is 2.11. The molecule has 0 spiro atoms. The monoisotopic (exact) mass is 256 g/mol. The highest BCUT2D eigenvalue weighted by molar-refractivity contribution is 6.92. The molecular formula is C17H24Si. The predicted octanol–water partition coefficient (Wildman–Crippen LogP) is 3.83. The van der Waals surface area contributed by atoms with Crippen LogP contribution in [0.2, 0.25) is 18.6 Å². The number of rotatable bonds is 0. The Morgan fingerprint density at radius 2 is 2.00 bits per heavy atom. The molecule has 4 rings (SSSR count). The van der Waals surface area contributed by atoms with Crippen molar-refractivity contribution in [3.05, 3.63) is 28.3 Å². The third-order valence-corrected chi connectivity index (χ3v) is 10.8. The second kappa shape index (κ2) is 3.30. The van der Waals surface area contributed by atoms with Gasteiger partial charge in [-0.2, -0.15) is 0 Å². The fourth-order valence-electron chi connectivity index (χ4n) is 5.17. The lowest BCUT2D eigenvalue weighted by molar-refractivity contribution is 0.445. The topological polar surface area (TPSA) is 0 Å². The van der Waals surface area contributed by atoms with Crippen molar-refractivity contribution in [2.24, 2.45) is 0 Å². The summed E-state index contributed by atoms with van der Waals surface area (Å²) in [5.74, 6) is 0. The van der Waals surface area contributed by atoms with Crippen LogP contribution in [0.4, 0.5) is 0 Å². The SMILES string of the molecule is Cc1cc2c3c4c1CCC[Si]4(C)CCC3(C)CC2. The third kappa shape index (κ3) is 1.22. The third-order valence-electron chi connectivity index (χ3n) is 6.28. The van der Waals surface area contributed by atoms with Gasteiger partial charge in [-0.3, -0.25) is 0 Å². The normalized spacial score (nSPS) is 36.6. The lowest BCUT2D eigenvalue weighted by Gasteiger charge is -2.46. The molecule has 1 aliphatic carbocycles. The summed E-state index contributed by atoms with van der Waals surface area (Å²) in [7, 11) is -1.10. The molecule has 0 bridgehead atoms. The van der Waals surface area contributed by atoms with Crippen molar-refractivity contribution < 1.29 is 0 Å². The Labute approximate surface area is 112 Å². The highest BCUT2D eigenvalue weighted by atomic mass is 28.3. The summed E-state index contributed by atoms with van der Waals surface area (Å²) in [5.41, 5.74) is 7.56. The molecule has 2 heterocycles. The molecule has 2 atom stereocenters. The number of aryl methyl sites for hydroxylation is 2. The van der Waals surface area contributed by atoms with Crippen LogP contribution in [-0.2, 0) is 18.3 Å². The molecule has 1 aromatic rings. The van der Waals surface area contributed by atoms with Crippen molar-refractivity contribution in [3.63, 3.8) is 0 Å². The summed E-state index contributed by atoms with van der Waals surface area (Å²) < 4.78 is 0. The minimum absolute atomic E-state index is 0.553. The molecule has 1 aromatic carbocycles. The first-order valence-electron chi connectivity index (χ1n) is 7.70. The van der Waals surface area contributed by atoms with Crippen LogP contribution >= 0.6 is 0 Å². The molecule has 96 valence electrons. The second-order valence-electron chi connectivity index (χ2n) is 7.56. The van der Waals surface area contributed by atoms with Gasteiger partial charge in [0.05, 0.1) is 8.07 Å². The van der Waals surface area contributed by atoms with Gasteiger partial charge in [0.25, 0.3) is 0 Å². The average molecular weight is 256 g/mol. The molecule has 18 heavy (non-hydrogen) atoms. The molecule has 2 aliphatic heterocycles. The van der Waals surface area contributed by atoms with Crippen molar-refractivity contribution in [2.75, 3.05) is 0 Å². The van der Waals surface area contributed by atoms with E-state index >= 15 is 0 Å². The number of hydrogen-bond acceptors (Lipinski definition) is 0. The Bertz CT molecular complexity index is 545. The lowest BCUT2D eigenvalue weighted by Crippen LogP contribution is -2.56. The fourth-order valence-corrected chi connectivity index (χ4v) is 10.1. The Morgan fingerprint density at radius 3 is 2.83 bits per heavy atom. The van der Waals surface area contributed by atoms with Crippen LogP contribution in [0, 0.1) is 6.92 Å². The van der Waals surface area contributed by atoms with Crippen LogP contribution in [-0.4, -0.2) is 8.07 Å². The lowest BCUT2D eigenvalue weighted by atomic mass is 9.79. The van der Waals surface area contributed by atoms with E-state index in [9.17, 15) is 0 Å². The zero-order valence-corrected chi connectivity index (χ0v) is 13.0. The van der Waals surface area contributed by atoms with Gasteiger partial charge in [0.2, 0.25) is 0 Å². The van der Waals surface area contributed by atoms with Gasteiger partial charge in [-0.15, -0.1) is 0 Å². The fraction of sp³-hybridized carbons (Fsp3) is 0.647. The van der Waals surface area contributed by atoms with Gasteiger partial charge < -0.3 is 0 Å². The molecule has 0 radical (unpaired) electrons. The van der Waals surface area contributed by atoms with E-state index in [4.69, 9.17) is 0 Å². The average Bonchev–Trinajstić information content (AvgIpc) is 2.67. The van der Waals surface area contributed by atoms with Crippen LogP contribution in [0.25, 0.3) is 0 Å². The van der Waals surface area contributed by atoms with E-state index in [1.54, 1.807) is 28.8 Å². The van der Waals surface area contributed by atoms with Gasteiger partial charge in [-0.1, -0.05) is 43.2 Å². The molecule has 0 amide bonds. The van der Waals surface area contributed by atoms with Crippen molar-refractivity contribution in [1.29, 1.82) is 0 Å². The molecule has 0 saturated carbocycles. The predicted molar refractivity (Wildman–Crippen MR) is 80.7 cm³/mol. The van der Waals surface area contributed by atoms with Crippen molar-refractivity contribution in [1.82, 2.24) is 0 Å². The molecule has 1 heteroatoms. The summed E-state index contributed by atoms with van der Waals surface area (Å²) in [4.78, 5) is 0. The number of benzene rings is 1. The van der Waals surface area contributed by atoms with E-state index in [1.165, 1.54) is 32.1 Å². The molecule has 0 saturated heterocycles. The molecule has 0 nitrogen and oxygen atoms in total. The minimum Gasteiger partial charge on any atom is -0.0652 e. The van der Waals surface area contributed by atoms with E-state index in [0.29, 0.717) is 5.41 Å². The maximum Gasteiger partial charge on any atom is 0.0845 e. The number of hydrogen-bond donors (Lipinski definition) is 0. The van der Waals surface area contributed by atoms with Gasteiger partial charge in [0, 0.05) is 0 Å². The van der Waals surface area contributed by atoms with Crippen LogP contribution < -0.4 is 5.19 Å². The van der Waals surface area contributed by atoms with Crippen LogP contribution in [0.1, 0.15) is 48.4 Å². The van der Waals surface area contributed by atoms with Gasteiger partial charge in [0.1, 0.15) is 0 Å². The molecule has 0 aromatic heterocycles. The molecule has 0 N–H and O–H groups in total. The smallest absolute Gasteiger partial charge is 0.0652 e. The van der Waals surface area contributed by atoms with E-state index in [1.807, 2.05) is 10.8 Å². The summed E-state index contributed by atoms with van der Waals surface area (Å²) >= 11 is 0. The molecule has 3 aliphatic rings. The summed E-state index contributed by atoms with van der Waals surface area (Å²) in [6, 6.07) is 5.67. The second-order valence-corrected chi connectivity index (χ2v) is 12.2. The van der Waals surface area contributed by atoms with Gasteiger partial charge >= 0.3 is 0 Å². The summed E-state index contributed by atoms with van der Waals surface area (Å²) in [6.45, 7) is 7.61. The first kappa shape index (κ1) is 11.3. The first-order chi connectivity index (χ1) is 8.54. The molecule has 0 fully saturated rings. The summed E-state index contributed by atoms with van der Waals surface area (Å²) in [5, 5.41) is 1.95. The maximum absolute atomic E-state index is 2.68. The highest BCUT2D eigenvalue weighted by Crippen LogP contribution is 2.49.